The van der Waals surface area contributed by atoms with Crippen molar-refractivity contribution in [2.75, 3.05) is 32.1 Å². The van der Waals surface area contributed by atoms with E-state index in [0.29, 0.717) is 19.4 Å². The molecule has 3 aromatic rings. The van der Waals surface area contributed by atoms with E-state index in [-0.39, 0.29) is 24.4 Å². The number of aromatic nitrogens is 1. The maximum atomic E-state index is 11.7. The Hall–Kier alpha value is -2.32. The number of amides is 1. The van der Waals surface area contributed by atoms with Crippen LogP contribution in [-0.4, -0.2) is 63.3 Å². The summed E-state index contributed by atoms with van der Waals surface area (Å²) in [5, 5.41) is 19.4. The van der Waals surface area contributed by atoms with E-state index in [4.69, 9.17) is 10.8 Å². The van der Waals surface area contributed by atoms with E-state index >= 15 is 0 Å². The Bertz CT molecular complexity index is 974. The van der Waals surface area contributed by atoms with E-state index in [0.717, 1.165) is 36.3 Å². The van der Waals surface area contributed by atoms with Crippen molar-refractivity contribution in [2.45, 2.75) is 31.1 Å². The highest BCUT2D eigenvalue weighted by Crippen LogP contribution is 2.20. The Kier molecular flexibility index (Phi) is 9.62. The van der Waals surface area contributed by atoms with Crippen molar-refractivity contribution in [3.63, 3.8) is 0 Å². The van der Waals surface area contributed by atoms with E-state index in [9.17, 15) is 9.90 Å². The molecular weight excluding hydrogens is 422 g/mol. The molecule has 2 aromatic carbocycles. The Morgan fingerprint density at radius 2 is 1.78 bits per heavy atom. The molecule has 0 saturated heterocycles. The lowest BCUT2D eigenvalue weighted by atomic mass is 10.1. The Labute approximate surface area is 193 Å². The minimum atomic E-state index is -0.316. The number of aromatic amines is 1. The molecule has 0 radical (unpaired) electrons. The number of benzene rings is 2. The van der Waals surface area contributed by atoms with Gasteiger partial charge in [-0.3, -0.25) is 9.69 Å². The molecule has 172 valence electrons. The number of carbonyl (C=O) groups is 1. The van der Waals surface area contributed by atoms with Crippen molar-refractivity contribution < 1.29 is 15.0 Å². The molecule has 3 rings (SSSR count). The van der Waals surface area contributed by atoms with Gasteiger partial charge in [0.05, 0.1) is 11.9 Å². The predicted octanol–water partition coefficient (Wildman–Crippen LogP) is 2.72. The average Bonchev–Trinajstić information content (AvgIpc) is 3.21. The molecule has 1 atom stereocenters. The minimum absolute atomic E-state index is 0.122. The van der Waals surface area contributed by atoms with E-state index < -0.39 is 0 Å². The van der Waals surface area contributed by atoms with Crippen LogP contribution in [0.25, 0.3) is 10.9 Å². The summed E-state index contributed by atoms with van der Waals surface area (Å²) < 4.78 is 0. The Morgan fingerprint density at radius 3 is 2.50 bits per heavy atom. The van der Waals surface area contributed by atoms with Crippen LogP contribution in [0.5, 0.6) is 0 Å². The maximum absolute atomic E-state index is 11.7. The first-order chi connectivity index (χ1) is 15.6. The third-order valence-electron chi connectivity index (χ3n) is 5.58. The van der Waals surface area contributed by atoms with E-state index in [1.54, 1.807) is 0 Å². The third-order valence-corrected chi connectivity index (χ3v) is 6.90. The number of primary amides is 1. The topological polar surface area (TPSA) is 103 Å². The van der Waals surface area contributed by atoms with Crippen LogP contribution in [0.4, 0.5) is 0 Å². The second-order valence-corrected chi connectivity index (χ2v) is 9.28. The molecule has 32 heavy (non-hydrogen) atoms. The van der Waals surface area contributed by atoms with Gasteiger partial charge in [-0.15, -0.1) is 11.8 Å². The SMILES string of the molecule is NC(=O)C(Cc1ccc(CN(CCO)CCc2c[nH]c3ccccc23)cc1)SCCCO. The van der Waals surface area contributed by atoms with E-state index in [1.807, 2.05) is 6.07 Å². The largest absolute Gasteiger partial charge is 0.396 e. The highest BCUT2D eigenvalue weighted by Gasteiger charge is 2.16. The molecule has 0 bridgehead atoms. The fourth-order valence-corrected chi connectivity index (χ4v) is 4.87. The zero-order valence-electron chi connectivity index (χ0n) is 18.4. The molecule has 0 spiro atoms. The summed E-state index contributed by atoms with van der Waals surface area (Å²) in [5.41, 5.74) is 10.2. The van der Waals surface area contributed by atoms with E-state index in [2.05, 4.69) is 58.5 Å². The molecule has 1 unspecified atom stereocenters. The van der Waals surface area contributed by atoms with Gasteiger partial charge in [0.15, 0.2) is 0 Å². The van der Waals surface area contributed by atoms with Crippen LogP contribution in [0.15, 0.2) is 54.7 Å². The second-order valence-electron chi connectivity index (χ2n) is 7.97. The normalized spacial score (nSPS) is 12.5. The van der Waals surface area contributed by atoms with Gasteiger partial charge < -0.3 is 20.9 Å². The summed E-state index contributed by atoms with van der Waals surface area (Å²) >= 11 is 1.50. The minimum Gasteiger partial charge on any atom is -0.396 e. The first-order valence-corrected chi connectivity index (χ1v) is 12.1. The summed E-state index contributed by atoms with van der Waals surface area (Å²) in [6.45, 7) is 2.48. The molecular formula is C25H33N3O3S. The molecule has 5 N–H and O–H groups in total. The highest BCUT2D eigenvalue weighted by molar-refractivity contribution is 8.00. The fourth-order valence-electron chi connectivity index (χ4n) is 3.81. The van der Waals surface area contributed by atoms with Gasteiger partial charge in [0.2, 0.25) is 5.91 Å². The van der Waals surface area contributed by atoms with Crippen molar-refractivity contribution in [1.29, 1.82) is 0 Å². The lowest BCUT2D eigenvalue weighted by molar-refractivity contribution is -0.117. The Balaban J connectivity index is 1.57. The number of nitrogens with one attached hydrogen (secondary N) is 1. The molecule has 1 aromatic heterocycles. The molecule has 6 nitrogen and oxygen atoms in total. The standard InChI is InChI=1S/C25H33N3O3S/c26-25(31)24(32-15-3-13-29)16-19-6-8-20(9-7-19)18-28(12-14-30)11-10-21-17-27-23-5-2-1-4-22(21)23/h1-2,4-9,17,24,27,29-30H,3,10-16,18H2,(H2,26,31). The average molecular weight is 456 g/mol. The quantitative estimate of drug-likeness (QED) is 0.280. The zero-order valence-corrected chi connectivity index (χ0v) is 19.2. The number of aliphatic hydroxyl groups excluding tert-OH is 2. The van der Waals surface area contributed by atoms with E-state index in [1.165, 1.54) is 28.3 Å². The molecule has 1 amide bonds. The van der Waals surface area contributed by atoms with Crippen molar-refractivity contribution in [3.05, 3.63) is 71.4 Å². The van der Waals surface area contributed by atoms with Crippen LogP contribution in [0, 0.1) is 0 Å². The number of thioether (sulfide) groups is 1. The molecule has 0 aliphatic carbocycles. The van der Waals surface area contributed by atoms with Gasteiger partial charge in [0, 0.05) is 43.3 Å². The lowest BCUT2D eigenvalue weighted by Crippen LogP contribution is -2.29. The van der Waals surface area contributed by atoms with Gasteiger partial charge in [-0.05, 0) is 47.8 Å². The van der Waals surface area contributed by atoms with Crippen molar-refractivity contribution in [1.82, 2.24) is 9.88 Å². The number of H-pyrrole nitrogens is 1. The molecule has 0 fully saturated rings. The number of nitrogens with zero attached hydrogens (tertiary/aromatic N) is 1. The zero-order chi connectivity index (χ0) is 22.8. The summed E-state index contributed by atoms with van der Waals surface area (Å²) in [7, 11) is 0. The van der Waals surface area contributed by atoms with Crippen LogP contribution in [-0.2, 0) is 24.2 Å². The summed E-state index contributed by atoms with van der Waals surface area (Å²) in [5.74, 6) is 0.401. The first kappa shape index (κ1) is 24.3. The second kappa shape index (κ2) is 12.6. The first-order valence-electron chi connectivity index (χ1n) is 11.1. The number of para-hydroxylation sites is 1. The maximum Gasteiger partial charge on any atom is 0.230 e. The summed E-state index contributed by atoms with van der Waals surface area (Å²) in [6.07, 6.45) is 4.23. The van der Waals surface area contributed by atoms with Crippen LogP contribution in [0.1, 0.15) is 23.1 Å². The molecule has 1 heterocycles. The van der Waals surface area contributed by atoms with Gasteiger partial charge in [0.1, 0.15) is 0 Å². The molecule has 0 aliphatic rings. The van der Waals surface area contributed by atoms with Crippen molar-refractivity contribution in [3.8, 4) is 0 Å². The van der Waals surface area contributed by atoms with Gasteiger partial charge in [-0.25, -0.2) is 0 Å². The smallest absolute Gasteiger partial charge is 0.230 e. The molecule has 7 heteroatoms. The van der Waals surface area contributed by atoms with Crippen LogP contribution < -0.4 is 5.73 Å². The number of fused-ring (bicyclic) bond motifs is 1. The number of rotatable bonds is 14. The lowest BCUT2D eigenvalue weighted by Gasteiger charge is -2.21. The van der Waals surface area contributed by atoms with Gasteiger partial charge in [-0.1, -0.05) is 42.5 Å². The predicted molar refractivity (Wildman–Crippen MR) is 132 cm³/mol. The summed E-state index contributed by atoms with van der Waals surface area (Å²) in [6, 6.07) is 16.6. The number of hydrogen-bond acceptors (Lipinski definition) is 5. The van der Waals surface area contributed by atoms with Crippen molar-refractivity contribution >= 4 is 28.6 Å². The Morgan fingerprint density at radius 1 is 1.03 bits per heavy atom. The van der Waals surface area contributed by atoms with Crippen LogP contribution in [0.3, 0.4) is 0 Å². The van der Waals surface area contributed by atoms with Gasteiger partial charge >= 0.3 is 0 Å². The van der Waals surface area contributed by atoms with Gasteiger partial charge in [-0.2, -0.15) is 0 Å². The number of hydrogen-bond donors (Lipinski definition) is 4. The highest BCUT2D eigenvalue weighted by atomic mass is 32.2. The number of carbonyl (C=O) groups excluding carboxylic acids is 1. The molecule has 0 aliphatic heterocycles. The number of nitrogens with two attached hydrogens (primary N) is 1. The van der Waals surface area contributed by atoms with Crippen molar-refractivity contribution in [2.24, 2.45) is 5.73 Å². The van der Waals surface area contributed by atoms with Crippen LogP contribution in [0.2, 0.25) is 0 Å². The fraction of sp³-hybridized carbons (Fsp3) is 0.400. The summed E-state index contributed by atoms with van der Waals surface area (Å²) in [4.78, 5) is 17.3. The van der Waals surface area contributed by atoms with Crippen LogP contribution >= 0.6 is 11.8 Å². The van der Waals surface area contributed by atoms with Gasteiger partial charge in [0.25, 0.3) is 0 Å². The third kappa shape index (κ3) is 7.10. The number of aliphatic hydroxyl groups is 2. The molecule has 0 saturated carbocycles. The monoisotopic (exact) mass is 455 g/mol.